The molecular formula is C48H50F2N4O6. The van der Waals surface area contributed by atoms with Gasteiger partial charge in [-0.3, -0.25) is 19.2 Å². The van der Waals surface area contributed by atoms with Gasteiger partial charge in [-0.15, -0.1) is 0 Å². The molecule has 60 heavy (non-hydrogen) atoms. The third kappa shape index (κ3) is 14.6. The number of halogens is 2. The van der Waals surface area contributed by atoms with Gasteiger partial charge < -0.3 is 30.7 Å². The lowest BCUT2D eigenvalue weighted by atomic mass is 10.1. The molecule has 0 saturated carbocycles. The lowest BCUT2D eigenvalue weighted by Gasteiger charge is -2.13. The molecule has 0 bridgehead atoms. The van der Waals surface area contributed by atoms with E-state index in [1.807, 2.05) is 44.2 Å². The Labute approximate surface area is 350 Å². The summed E-state index contributed by atoms with van der Waals surface area (Å²) in [6.45, 7) is 12.0. The molecule has 0 aliphatic carbocycles. The summed E-state index contributed by atoms with van der Waals surface area (Å²) in [5.74, 6) is -1.94. The molecule has 312 valence electrons. The topological polar surface area (TPSA) is 135 Å². The van der Waals surface area contributed by atoms with Crippen LogP contribution in [-0.4, -0.2) is 50.9 Å². The minimum absolute atomic E-state index is 0.0916. The number of nitrogens with one attached hydrogen (secondary N) is 4. The molecule has 0 spiro atoms. The summed E-state index contributed by atoms with van der Waals surface area (Å²) >= 11 is 0. The van der Waals surface area contributed by atoms with Crippen molar-refractivity contribution < 1.29 is 37.4 Å². The molecule has 12 heteroatoms. The van der Waals surface area contributed by atoms with Gasteiger partial charge in [0.2, 0.25) is 0 Å². The number of hydrogen-bond donors (Lipinski definition) is 4. The molecule has 5 aromatic rings. The van der Waals surface area contributed by atoms with E-state index in [9.17, 15) is 28.0 Å². The summed E-state index contributed by atoms with van der Waals surface area (Å²) in [6.07, 6.45) is 6.32. The van der Waals surface area contributed by atoms with Crippen LogP contribution in [0, 0.1) is 11.6 Å². The van der Waals surface area contributed by atoms with Gasteiger partial charge in [0.25, 0.3) is 23.6 Å². The molecule has 0 aliphatic heterocycles. The molecule has 0 fully saturated rings. The first-order valence-corrected chi connectivity index (χ1v) is 19.1. The Morgan fingerprint density at radius 2 is 1.20 bits per heavy atom. The minimum Gasteiger partial charge on any atom is -0.497 e. The van der Waals surface area contributed by atoms with Crippen molar-refractivity contribution in [3.05, 3.63) is 192 Å². The van der Waals surface area contributed by atoms with Crippen molar-refractivity contribution in [1.82, 2.24) is 10.6 Å². The van der Waals surface area contributed by atoms with E-state index in [1.165, 1.54) is 44.6 Å². The van der Waals surface area contributed by atoms with E-state index in [0.717, 1.165) is 17.2 Å². The van der Waals surface area contributed by atoms with Crippen LogP contribution in [0.3, 0.4) is 0 Å². The van der Waals surface area contributed by atoms with Crippen LogP contribution in [0.1, 0.15) is 67.3 Å². The molecule has 0 radical (unpaired) electrons. The second-order valence-corrected chi connectivity index (χ2v) is 12.4. The Morgan fingerprint density at radius 3 is 1.75 bits per heavy atom. The number of benzene rings is 5. The lowest BCUT2D eigenvalue weighted by Crippen LogP contribution is -2.28. The van der Waals surface area contributed by atoms with Crippen LogP contribution in [0.4, 0.5) is 20.2 Å². The molecule has 0 unspecified atom stereocenters. The lowest BCUT2D eigenvalue weighted by molar-refractivity contribution is 0.0943. The first kappa shape index (κ1) is 47.0. The van der Waals surface area contributed by atoms with Crippen LogP contribution in [0.25, 0.3) is 0 Å². The van der Waals surface area contributed by atoms with E-state index in [1.54, 1.807) is 66.8 Å². The molecule has 0 atom stereocenters. The summed E-state index contributed by atoms with van der Waals surface area (Å²) in [5.41, 5.74) is 2.89. The van der Waals surface area contributed by atoms with E-state index >= 15 is 0 Å². The molecule has 0 aliphatic rings. The van der Waals surface area contributed by atoms with Crippen LogP contribution in [0.2, 0.25) is 0 Å². The number of carbonyl (C=O) groups excluding carboxylic acids is 4. The van der Waals surface area contributed by atoms with Gasteiger partial charge in [-0.25, -0.2) is 8.78 Å². The predicted octanol–water partition coefficient (Wildman–Crippen LogP) is 9.59. The minimum atomic E-state index is -0.699. The maximum Gasteiger partial charge on any atom is 0.256 e. The quantitative estimate of drug-likeness (QED) is 0.0733. The molecule has 4 amide bonds. The largest absolute Gasteiger partial charge is 0.497 e. The van der Waals surface area contributed by atoms with Gasteiger partial charge in [-0.1, -0.05) is 81.6 Å². The third-order valence-electron chi connectivity index (χ3n) is 8.50. The number of rotatable bonds is 16. The molecule has 0 aromatic heterocycles. The summed E-state index contributed by atoms with van der Waals surface area (Å²) in [5, 5.41) is 10.7. The third-order valence-corrected chi connectivity index (χ3v) is 8.50. The average Bonchev–Trinajstić information content (AvgIpc) is 3.27. The van der Waals surface area contributed by atoms with Crippen molar-refractivity contribution in [2.75, 3.05) is 37.9 Å². The molecule has 10 nitrogen and oxygen atoms in total. The summed E-state index contributed by atoms with van der Waals surface area (Å²) in [7, 11) is 3.06. The number of amides is 4. The van der Waals surface area contributed by atoms with Crippen LogP contribution in [0.15, 0.2) is 152 Å². The monoisotopic (exact) mass is 816 g/mol. The molecular weight excluding hydrogens is 767 g/mol. The van der Waals surface area contributed by atoms with Crippen LogP contribution in [-0.2, 0) is 6.42 Å². The second kappa shape index (κ2) is 25.1. The molecule has 5 aromatic carbocycles. The Bertz CT molecular complexity index is 2240. The Kier molecular flexibility index (Phi) is 19.7. The molecule has 4 N–H and O–H groups in total. The molecule has 0 saturated heterocycles. The van der Waals surface area contributed by atoms with E-state index in [4.69, 9.17) is 9.47 Å². The van der Waals surface area contributed by atoms with Crippen molar-refractivity contribution in [3.63, 3.8) is 0 Å². The first-order chi connectivity index (χ1) is 29.1. The van der Waals surface area contributed by atoms with Crippen molar-refractivity contribution >= 4 is 35.0 Å². The Morgan fingerprint density at radius 1 is 0.633 bits per heavy atom. The van der Waals surface area contributed by atoms with Gasteiger partial charge in [0.1, 0.15) is 23.1 Å². The number of allylic oxidation sites excluding steroid dienone is 3. The number of ether oxygens (including phenoxy) is 2. The van der Waals surface area contributed by atoms with Crippen molar-refractivity contribution in [1.29, 1.82) is 0 Å². The number of carbonyl (C=O) groups is 4. The van der Waals surface area contributed by atoms with Gasteiger partial charge in [0, 0.05) is 24.2 Å². The highest BCUT2D eigenvalue weighted by Gasteiger charge is 2.19. The van der Waals surface area contributed by atoms with Gasteiger partial charge in [0.15, 0.2) is 0 Å². The Balaban J connectivity index is 0.000000308. The van der Waals surface area contributed by atoms with E-state index < -0.39 is 35.3 Å². The normalized spacial score (nSPS) is 10.3. The zero-order chi connectivity index (χ0) is 43.9. The number of hydrogen-bond acceptors (Lipinski definition) is 6. The van der Waals surface area contributed by atoms with Crippen LogP contribution >= 0.6 is 0 Å². The van der Waals surface area contributed by atoms with Crippen LogP contribution < -0.4 is 30.7 Å². The standard InChI is InChI=1S/C23H21FN2O3.C23H23FN2O3.C2H6/c1-29-18-12-10-17(11-13-18)22(27)26-20-9-5-8-19(24)21(20)23(28)25-15-14-16-6-3-2-4-7-16;1-4-6-16(5-2)13-14-25-23(28)20-12-9-18(24)15-21(20)26-22(27)17-7-10-19(29-3)11-8-17;1-2/h2-13H,14-15H2,1H3,(H,25,28)(H,26,27);4-12,15H,1-2,13-14H2,3H3,(H,25,28)(H,26,27);1-2H3/b;16-6+;. The summed E-state index contributed by atoms with van der Waals surface area (Å²) in [4.78, 5) is 50.1. The molecule has 5 rings (SSSR count). The highest BCUT2D eigenvalue weighted by atomic mass is 19.1. The Hall–Kier alpha value is -7.34. The van der Waals surface area contributed by atoms with Gasteiger partial charge >= 0.3 is 0 Å². The number of anilines is 2. The predicted molar refractivity (Wildman–Crippen MR) is 234 cm³/mol. The molecule has 0 heterocycles. The van der Waals surface area contributed by atoms with Gasteiger partial charge in [-0.2, -0.15) is 0 Å². The van der Waals surface area contributed by atoms with E-state index in [0.29, 0.717) is 48.6 Å². The zero-order valence-electron chi connectivity index (χ0n) is 34.1. The fraction of sp³-hybridized carbons (Fsp3) is 0.167. The SMILES string of the molecule is C=C/C=C(\C=C)CCNC(=O)c1ccc(F)cc1NC(=O)c1ccc(OC)cc1.CC.COc1ccc(C(=O)Nc2cccc(F)c2C(=O)NCCc2ccccc2)cc1. The van der Waals surface area contributed by atoms with E-state index in [-0.39, 0.29) is 22.5 Å². The first-order valence-electron chi connectivity index (χ1n) is 19.1. The maximum atomic E-state index is 14.4. The highest BCUT2D eigenvalue weighted by molar-refractivity contribution is 6.10. The fourth-order valence-electron chi connectivity index (χ4n) is 5.42. The summed E-state index contributed by atoms with van der Waals surface area (Å²) in [6, 6.07) is 30.3. The average molecular weight is 817 g/mol. The number of methoxy groups -OCH3 is 2. The fourth-order valence-corrected chi connectivity index (χ4v) is 5.42. The highest BCUT2D eigenvalue weighted by Crippen LogP contribution is 2.22. The second-order valence-electron chi connectivity index (χ2n) is 12.4. The van der Waals surface area contributed by atoms with Gasteiger partial charge in [-0.05, 0) is 103 Å². The maximum absolute atomic E-state index is 14.4. The van der Waals surface area contributed by atoms with Crippen molar-refractivity contribution in [3.8, 4) is 11.5 Å². The zero-order valence-corrected chi connectivity index (χ0v) is 34.1. The van der Waals surface area contributed by atoms with E-state index in [2.05, 4.69) is 34.4 Å². The van der Waals surface area contributed by atoms with Crippen molar-refractivity contribution in [2.24, 2.45) is 0 Å². The van der Waals surface area contributed by atoms with Crippen LogP contribution in [0.5, 0.6) is 11.5 Å². The van der Waals surface area contributed by atoms with Gasteiger partial charge in [0.05, 0.1) is 36.7 Å². The van der Waals surface area contributed by atoms with Crippen molar-refractivity contribution in [2.45, 2.75) is 26.7 Å². The smallest absolute Gasteiger partial charge is 0.256 e. The summed E-state index contributed by atoms with van der Waals surface area (Å²) < 4.78 is 38.2.